The van der Waals surface area contributed by atoms with Gasteiger partial charge in [-0.15, -0.1) is 0 Å². The smallest absolute Gasteiger partial charge is 0.254 e. The first kappa shape index (κ1) is 25.3. The minimum Gasteiger partial charge on any atom is -0.329 e. The molecule has 7 heteroatoms. The average Bonchev–Trinajstić information content (AvgIpc) is 3.41. The van der Waals surface area contributed by atoms with E-state index in [1.807, 2.05) is 83.9 Å². The van der Waals surface area contributed by atoms with Gasteiger partial charge in [0.25, 0.3) is 5.91 Å². The molecular formula is C30H27BrClN3O2. The van der Waals surface area contributed by atoms with E-state index in [0.29, 0.717) is 17.1 Å². The minimum absolute atomic E-state index is 0.0198. The summed E-state index contributed by atoms with van der Waals surface area (Å²) in [6.45, 7) is 2.57. The number of aromatic nitrogens is 1. The fourth-order valence-corrected chi connectivity index (χ4v) is 5.23. The van der Waals surface area contributed by atoms with E-state index in [4.69, 9.17) is 11.6 Å². The third-order valence-corrected chi connectivity index (χ3v) is 7.44. The van der Waals surface area contributed by atoms with Gasteiger partial charge in [0.05, 0.1) is 17.1 Å². The molecule has 0 bridgehead atoms. The maximum Gasteiger partial charge on any atom is 0.254 e. The number of fused-ring (bicyclic) bond motifs is 3. The van der Waals surface area contributed by atoms with Crippen LogP contribution >= 0.6 is 27.5 Å². The summed E-state index contributed by atoms with van der Waals surface area (Å²) < 4.78 is 3.03. The fraction of sp³-hybridized carbons (Fsp3) is 0.200. The van der Waals surface area contributed by atoms with Crippen molar-refractivity contribution in [3.8, 4) is 5.69 Å². The van der Waals surface area contributed by atoms with Gasteiger partial charge in [0.15, 0.2) is 0 Å². The normalized spacial score (nSPS) is 14.1. The Kier molecular flexibility index (Phi) is 7.49. The second kappa shape index (κ2) is 11.0. The number of amides is 2. The van der Waals surface area contributed by atoms with Crippen LogP contribution in [-0.4, -0.2) is 34.4 Å². The van der Waals surface area contributed by atoms with E-state index >= 15 is 0 Å². The van der Waals surface area contributed by atoms with Crippen molar-refractivity contribution in [1.82, 2.24) is 9.47 Å². The van der Waals surface area contributed by atoms with Gasteiger partial charge in [0, 0.05) is 27.8 Å². The van der Waals surface area contributed by atoms with E-state index in [2.05, 4.69) is 27.4 Å². The van der Waals surface area contributed by atoms with Crippen molar-refractivity contribution in [2.75, 3.05) is 18.0 Å². The van der Waals surface area contributed by atoms with Gasteiger partial charge in [-0.25, -0.2) is 0 Å². The number of anilines is 1. The van der Waals surface area contributed by atoms with Gasteiger partial charge in [0.2, 0.25) is 5.91 Å². The van der Waals surface area contributed by atoms with Crippen molar-refractivity contribution in [1.29, 1.82) is 0 Å². The first-order valence-electron chi connectivity index (χ1n) is 12.4. The van der Waals surface area contributed by atoms with Crippen molar-refractivity contribution in [2.45, 2.75) is 25.8 Å². The van der Waals surface area contributed by atoms with Crippen LogP contribution in [0.15, 0.2) is 95.6 Å². The van der Waals surface area contributed by atoms with Gasteiger partial charge < -0.3 is 9.47 Å². The van der Waals surface area contributed by atoms with E-state index in [1.54, 1.807) is 17.0 Å². The molecule has 0 saturated carbocycles. The van der Waals surface area contributed by atoms with Crippen LogP contribution in [0.5, 0.6) is 0 Å². The molecule has 0 spiro atoms. The topological polar surface area (TPSA) is 45.6 Å². The van der Waals surface area contributed by atoms with Crippen LogP contribution < -0.4 is 4.90 Å². The molecule has 188 valence electrons. The lowest BCUT2D eigenvalue weighted by molar-refractivity contribution is -0.119. The molecule has 0 saturated heterocycles. The summed E-state index contributed by atoms with van der Waals surface area (Å²) in [5, 5.41) is 0.638. The lowest BCUT2D eigenvalue weighted by atomic mass is 9.97. The van der Waals surface area contributed by atoms with Crippen molar-refractivity contribution in [2.24, 2.45) is 0 Å². The summed E-state index contributed by atoms with van der Waals surface area (Å²) >= 11 is 9.63. The lowest BCUT2D eigenvalue weighted by Gasteiger charge is -2.39. The van der Waals surface area contributed by atoms with E-state index in [9.17, 15) is 9.59 Å². The number of hydrogen-bond acceptors (Lipinski definition) is 2. The Labute approximate surface area is 230 Å². The largest absolute Gasteiger partial charge is 0.329 e. The molecule has 2 amide bonds. The lowest BCUT2D eigenvalue weighted by Crippen LogP contribution is -2.47. The van der Waals surface area contributed by atoms with Crippen molar-refractivity contribution in [3.63, 3.8) is 0 Å². The third kappa shape index (κ3) is 5.09. The summed E-state index contributed by atoms with van der Waals surface area (Å²) in [6.07, 6.45) is 3.75. The highest BCUT2D eigenvalue weighted by atomic mass is 79.9. The Morgan fingerprint density at radius 3 is 2.32 bits per heavy atom. The molecule has 0 aliphatic carbocycles. The quantitative estimate of drug-likeness (QED) is 0.232. The van der Waals surface area contributed by atoms with Crippen molar-refractivity contribution >= 4 is 45.0 Å². The Hall–Kier alpha value is -3.35. The maximum absolute atomic E-state index is 14.2. The summed E-state index contributed by atoms with van der Waals surface area (Å²) in [6, 6.07) is 26.4. The molecule has 2 heterocycles. The molecule has 4 aromatic rings. The van der Waals surface area contributed by atoms with Gasteiger partial charge in [-0.1, -0.05) is 65.1 Å². The zero-order chi connectivity index (χ0) is 25.9. The molecule has 1 unspecified atom stereocenters. The summed E-state index contributed by atoms with van der Waals surface area (Å²) in [4.78, 5) is 31.2. The Balaban J connectivity index is 1.55. The molecule has 0 radical (unpaired) electrons. The molecule has 0 N–H and O–H groups in total. The highest BCUT2D eigenvalue weighted by Gasteiger charge is 2.37. The van der Waals surface area contributed by atoms with Gasteiger partial charge >= 0.3 is 0 Å². The molecule has 1 aliphatic heterocycles. The number of halogens is 2. The highest BCUT2D eigenvalue weighted by Crippen LogP contribution is 2.42. The fourth-order valence-electron chi connectivity index (χ4n) is 4.84. The summed E-state index contributed by atoms with van der Waals surface area (Å²) in [5.74, 6) is -0.285. The van der Waals surface area contributed by atoms with E-state index in [0.717, 1.165) is 39.9 Å². The molecule has 5 nitrogen and oxygen atoms in total. The van der Waals surface area contributed by atoms with E-state index < -0.39 is 0 Å². The Morgan fingerprint density at radius 2 is 1.62 bits per heavy atom. The minimum atomic E-state index is -0.356. The van der Waals surface area contributed by atoms with Crippen LogP contribution in [0.2, 0.25) is 5.02 Å². The number of benzene rings is 3. The van der Waals surface area contributed by atoms with Crippen LogP contribution in [0.4, 0.5) is 5.69 Å². The third-order valence-electron chi connectivity index (χ3n) is 6.66. The predicted molar refractivity (Wildman–Crippen MR) is 152 cm³/mol. The SMILES string of the molecule is CCCCN(CC(=O)N1c2ccccc2-n2cccc2C1c1ccc(Cl)cc1)C(=O)c1ccc(Br)cc1. The molecule has 1 atom stereocenters. The van der Waals surface area contributed by atoms with Crippen molar-refractivity contribution in [3.05, 3.63) is 117 Å². The Morgan fingerprint density at radius 1 is 0.919 bits per heavy atom. The van der Waals surface area contributed by atoms with Gasteiger partial charge in [0.1, 0.15) is 12.6 Å². The standard InChI is InChI=1S/C30H27BrClN3O2/c1-2-3-18-33(30(37)22-10-14-23(31)15-11-22)20-28(36)35-26-8-5-4-7-25(26)34-19-6-9-27(34)29(35)21-12-16-24(32)17-13-21/h4-17,19,29H,2-3,18,20H2,1H3. The predicted octanol–water partition coefficient (Wildman–Crippen LogP) is 7.27. The molecule has 1 aliphatic rings. The number of unbranched alkanes of at least 4 members (excludes halogenated alkanes) is 1. The number of carbonyl (C=O) groups excluding carboxylic acids is 2. The second-order valence-electron chi connectivity index (χ2n) is 9.10. The van der Waals surface area contributed by atoms with Gasteiger partial charge in [-0.3, -0.25) is 14.5 Å². The first-order chi connectivity index (χ1) is 18.0. The first-order valence-corrected chi connectivity index (χ1v) is 13.5. The summed E-state index contributed by atoms with van der Waals surface area (Å²) in [7, 11) is 0. The second-order valence-corrected chi connectivity index (χ2v) is 10.4. The zero-order valence-electron chi connectivity index (χ0n) is 20.5. The van der Waals surface area contributed by atoms with Crippen LogP contribution in [0.3, 0.4) is 0 Å². The number of rotatable bonds is 7. The van der Waals surface area contributed by atoms with Gasteiger partial charge in [-0.05, 0) is 72.6 Å². The highest BCUT2D eigenvalue weighted by molar-refractivity contribution is 9.10. The molecule has 1 aromatic heterocycles. The zero-order valence-corrected chi connectivity index (χ0v) is 22.8. The Bertz CT molecular complexity index is 1420. The van der Waals surface area contributed by atoms with E-state index in [1.165, 1.54) is 0 Å². The number of para-hydroxylation sites is 2. The average molecular weight is 577 g/mol. The molecular weight excluding hydrogens is 550 g/mol. The number of hydrogen-bond donors (Lipinski definition) is 0. The number of nitrogens with zero attached hydrogens (tertiary/aromatic N) is 3. The van der Waals surface area contributed by atoms with Crippen molar-refractivity contribution < 1.29 is 9.59 Å². The van der Waals surface area contributed by atoms with Crippen LogP contribution in [-0.2, 0) is 4.79 Å². The molecule has 0 fully saturated rings. The maximum atomic E-state index is 14.2. The molecule has 5 rings (SSSR count). The molecule has 37 heavy (non-hydrogen) atoms. The monoisotopic (exact) mass is 575 g/mol. The van der Waals surface area contributed by atoms with Crippen LogP contribution in [0.1, 0.15) is 47.4 Å². The summed E-state index contributed by atoms with van der Waals surface area (Å²) in [5.41, 5.74) is 4.23. The van der Waals surface area contributed by atoms with E-state index in [-0.39, 0.29) is 24.4 Å². The molecule has 3 aromatic carbocycles. The van der Waals surface area contributed by atoms with Crippen LogP contribution in [0, 0.1) is 0 Å². The number of carbonyl (C=O) groups is 2. The van der Waals surface area contributed by atoms with Gasteiger partial charge in [-0.2, -0.15) is 0 Å². The van der Waals surface area contributed by atoms with Crippen LogP contribution in [0.25, 0.3) is 5.69 Å².